The Kier molecular flexibility index (Phi) is 3.74. The normalized spacial score (nSPS) is 11.7. The summed E-state index contributed by atoms with van der Waals surface area (Å²) >= 11 is 0. The van der Waals surface area contributed by atoms with E-state index < -0.39 is 0 Å². The van der Waals surface area contributed by atoms with Gasteiger partial charge in [-0.15, -0.1) is 0 Å². The van der Waals surface area contributed by atoms with Crippen LogP contribution in [0, 0.1) is 0 Å². The number of aromatic nitrogens is 3. The molecule has 0 unspecified atom stereocenters. The first-order valence-corrected chi connectivity index (χ1v) is 5.92. The average Bonchev–Trinajstić information content (AvgIpc) is 2.77. The first kappa shape index (κ1) is 12.7. The number of para-hydroxylation sites is 1. The molecule has 1 aromatic carbocycles. The van der Waals surface area contributed by atoms with E-state index in [0.29, 0.717) is 6.54 Å². The maximum absolute atomic E-state index is 5.42. The van der Waals surface area contributed by atoms with Crippen molar-refractivity contribution in [2.24, 2.45) is 0 Å². The summed E-state index contributed by atoms with van der Waals surface area (Å²) in [7, 11) is 0. The number of benzene rings is 1. The van der Waals surface area contributed by atoms with Gasteiger partial charge in [0.25, 0.3) is 0 Å². The lowest BCUT2D eigenvalue weighted by atomic mass is 10.2. The van der Waals surface area contributed by atoms with Crippen LogP contribution in [0.25, 0.3) is 5.69 Å². The molecule has 0 amide bonds. The van der Waals surface area contributed by atoms with Gasteiger partial charge in [-0.05, 0) is 32.9 Å². The molecule has 0 saturated heterocycles. The van der Waals surface area contributed by atoms with Gasteiger partial charge in [0, 0.05) is 0 Å². The van der Waals surface area contributed by atoms with Gasteiger partial charge in [0.15, 0.2) is 0 Å². The predicted octanol–water partition coefficient (Wildman–Crippen LogP) is 2.09. The summed E-state index contributed by atoms with van der Waals surface area (Å²) in [6.45, 7) is 6.49. The van der Waals surface area contributed by atoms with Crippen molar-refractivity contribution in [1.82, 2.24) is 20.5 Å². The molecule has 18 heavy (non-hydrogen) atoms. The molecule has 1 aromatic heterocycles. The second kappa shape index (κ2) is 5.29. The van der Waals surface area contributed by atoms with E-state index in [2.05, 4.69) is 15.7 Å². The van der Waals surface area contributed by atoms with Crippen molar-refractivity contribution in [2.75, 3.05) is 0 Å². The molecule has 0 fully saturated rings. The van der Waals surface area contributed by atoms with E-state index >= 15 is 0 Å². The molecule has 0 bridgehead atoms. The van der Waals surface area contributed by atoms with Gasteiger partial charge >= 0.3 is 0 Å². The lowest BCUT2D eigenvalue weighted by molar-refractivity contribution is -0.0761. The fraction of sp³-hybridized carbons (Fsp3) is 0.385. The van der Waals surface area contributed by atoms with Gasteiger partial charge < -0.3 is 0 Å². The number of nitrogens with zero attached hydrogens (tertiary/aromatic N) is 3. The van der Waals surface area contributed by atoms with Crippen LogP contribution in [0.3, 0.4) is 0 Å². The molecule has 1 heterocycles. The van der Waals surface area contributed by atoms with Crippen LogP contribution in [0.1, 0.15) is 26.5 Å². The van der Waals surface area contributed by atoms with Crippen LogP contribution < -0.4 is 5.48 Å². The number of rotatable bonds is 4. The molecule has 0 aliphatic carbocycles. The summed E-state index contributed by atoms with van der Waals surface area (Å²) in [6, 6.07) is 9.80. The van der Waals surface area contributed by atoms with Gasteiger partial charge in [0.05, 0.1) is 29.7 Å². The van der Waals surface area contributed by atoms with E-state index in [4.69, 9.17) is 4.84 Å². The molecule has 5 nitrogen and oxygen atoms in total. The first-order valence-electron chi connectivity index (χ1n) is 5.92. The third-order valence-corrected chi connectivity index (χ3v) is 2.16. The Labute approximate surface area is 107 Å². The van der Waals surface area contributed by atoms with Crippen LogP contribution >= 0.6 is 0 Å². The topological polar surface area (TPSA) is 52.0 Å². The smallest absolute Gasteiger partial charge is 0.0993 e. The van der Waals surface area contributed by atoms with Crippen molar-refractivity contribution in [3.63, 3.8) is 0 Å². The Morgan fingerprint density at radius 3 is 2.61 bits per heavy atom. The van der Waals surface area contributed by atoms with Crippen LogP contribution in [0.4, 0.5) is 0 Å². The highest BCUT2D eigenvalue weighted by molar-refractivity contribution is 5.28. The molecule has 0 aliphatic heterocycles. The monoisotopic (exact) mass is 246 g/mol. The highest BCUT2D eigenvalue weighted by Crippen LogP contribution is 2.06. The lowest BCUT2D eigenvalue weighted by Gasteiger charge is -2.18. The molecule has 0 atom stereocenters. The van der Waals surface area contributed by atoms with Crippen molar-refractivity contribution in [2.45, 2.75) is 32.9 Å². The minimum atomic E-state index is -0.213. The summed E-state index contributed by atoms with van der Waals surface area (Å²) in [5.41, 5.74) is 4.46. The minimum absolute atomic E-state index is 0.213. The zero-order valence-electron chi connectivity index (χ0n) is 10.9. The average molecular weight is 246 g/mol. The Morgan fingerprint density at radius 1 is 1.22 bits per heavy atom. The van der Waals surface area contributed by atoms with Crippen LogP contribution in [0.15, 0.2) is 36.5 Å². The summed E-state index contributed by atoms with van der Waals surface area (Å²) in [5, 5.41) is 8.57. The van der Waals surface area contributed by atoms with Gasteiger partial charge in [-0.1, -0.05) is 18.2 Å². The van der Waals surface area contributed by atoms with Crippen LogP contribution in [0.5, 0.6) is 0 Å². The van der Waals surface area contributed by atoms with Crippen LogP contribution in [0.2, 0.25) is 0 Å². The van der Waals surface area contributed by atoms with Crippen molar-refractivity contribution in [3.8, 4) is 5.69 Å². The molecule has 0 radical (unpaired) electrons. The third kappa shape index (κ3) is 3.65. The van der Waals surface area contributed by atoms with Crippen molar-refractivity contribution < 1.29 is 4.84 Å². The molecular weight excluding hydrogens is 228 g/mol. The van der Waals surface area contributed by atoms with E-state index in [1.807, 2.05) is 51.1 Å². The van der Waals surface area contributed by atoms with Gasteiger partial charge in [-0.2, -0.15) is 20.5 Å². The van der Waals surface area contributed by atoms with E-state index in [1.54, 1.807) is 11.0 Å². The van der Waals surface area contributed by atoms with Gasteiger partial charge in [0.2, 0.25) is 0 Å². The summed E-state index contributed by atoms with van der Waals surface area (Å²) < 4.78 is 0. The van der Waals surface area contributed by atoms with E-state index in [0.717, 1.165) is 11.4 Å². The van der Waals surface area contributed by atoms with Crippen molar-refractivity contribution in [3.05, 3.63) is 42.2 Å². The Hall–Kier alpha value is -1.72. The maximum Gasteiger partial charge on any atom is 0.0993 e. The summed E-state index contributed by atoms with van der Waals surface area (Å²) in [4.78, 5) is 7.03. The van der Waals surface area contributed by atoms with Gasteiger partial charge in [-0.25, -0.2) is 0 Å². The molecule has 0 aliphatic rings. The zero-order valence-corrected chi connectivity index (χ0v) is 10.9. The Bertz CT molecular complexity index is 487. The standard InChI is InChI=1S/C13H18N4O/c1-13(2,3)18-15-10-11-9-14-17(16-11)12-7-5-4-6-8-12/h4-9,15H,10H2,1-3H3. The van der Waals surface area contributed by atoms with Gasteiger partial charge in [0.1, 0.15) is 0 Å². The Morgan fingerprint density at radius 2 is 1.94 bits per heavy atom. The molecule has 0 spiro atoms. The number of hydrogen-bond donors (Lipinski definition) is 1. The second-order valence-electron chi connectivity index (χ2n) is 5.00. The molecule has 5 heteroatoms. The fourth-order valence-corrected chi connectivity index (χ4v) is 1.39. The SMILES string of the molecule is CC(C)(C)ONCc1cnn(-c2ccccc2)n1. The third-order valence-electron chi connectivity index (χ3n) is 2.16. The molecule has 96 valence electrons. The second-order valence-corrected chi connectivity index (χ2v) is 5.00. The first-order chi connectivity index (χ1) is 8.54. The van der Waals surface area contributed by atoms with Gasteiger partial charge in [-0.3, -0.25) is 4.84 Å². The fourth-order valence-electron chi connectivity index (χ4n) is 1.39. The number of nitrogens with one attached hydrogen (secondary N) is 1. The van der Waals surface area contributed by atoms with E-state index in [-0.39, 0.29) is 5.60 Å². The van der Waals surface area contributed by atoms with Crippen LogP contribution in [-0.2, 0) is 11.4 Å². The molecule has 2 aromatic rings. The predicted molar refractivity (Wildman–Crippen MR) is 69.0 cm³/mol. The summed E-state index contributed by atoms with van der Waals surface area (Å²) in [6.07, 6.45) is 1.73. The number of hydroxylamine groups is 1. The number of hydrogen-bond acceptors (Lipinski definition) is 4. The minimum Gasteiger partial charge on any atom is -0.296 e. The van der Waals surface area contributed by atoms with E-state index in [1.165, 1.54) is 0 Å². The Balaban J connectivity index is 1.95. The highest BCUT2D eigenvalue weighted by atomic mass is 16.7. The highest BCUT2D eigenvalue weighted by Gasteiger charge is 2.10. The van der Waals surface area contributed by atoms with E-state index in [9.17, 15) is 0 Å². The molecule has 1 N–H and O–H groups in total. The largest absolute Gasteiger partial charge is 0.296 e. The molecule has 0 saturated carbocycles. The summed E-state index contributed by atoms with van der Waals surface area (Å²) in [5.74, 6) is 0. The van der Waals surface area contributed by atoms with Crippen molar-refractivity contribution in [1.29, 1.82) is 0 Å². The molecular formula is C13H18N4O. The zero-order chi connectivity index (χ0) is 13.0. The van der Waals surface area contributed by atoms with Crippen LogP contribution in [-0.4, -0.2) is 20.6 Å². The quantitative estimate of drug-likeness (QED) is 0.839. The molecule has 2 rings (SSSR count). The van der Waals surface area contributed by atoms with Crippen molar-refractivity contribution >= 4 is 0 Å². The maximum atomic E-state index is 5.42. The lowest BCUT2D eigenvalue weighted by Crippen LogP contribution is -2.28.